The molecule has 26 heavy (non-hydrogen) atoms. The summed E-state index contributed by atoms with van der Waals surface area (Å²) in [5.74, 6) is 6.76. The van der Waals surface area contributed by atoms with Gasteiger partial charge in [0, 0.05) is 5.92 Å². The maximum Gasteiger partial charge on any atom is 0.133 e. The second kappa shape index (κ2) is 5.82. The van der Waals surface area contributed by atoms with Gasteiger partial charge in [-0.3, -0.25) is 4.79 Å². The molecule has 146 valence electrons. The molecule has 0 amide bonds. The number of ketones is 1. The van der Waals surface area contributed by atoms with Crippen molar-refractivity contribution < 1.29 is 9.90 Å². The van der Waals surface area contributed by atoms with Crippen molar-refractivity contribution in [1.82, 2.24) is 0 Å². The first-order chi connectivity index (χ1) is 12.3. The van der Waals surface area contributed by atoms with Gasteiger partial charge in [0.1, 0.15) is 5.78 Å². The Labute approximate surface area is 159 Å². The van der Waals surface area contributed by atoms with Gasteiger partial charge in [0.25, 0.3) is 0 Å². The van der Waals surface area contributed by atoms with Crippen LogP contribution in [0.25, 0.3) is 0 Å². The molecule has 5 rings (SSSR count). The maximum atomic E-state index is 12.5. The minimum atomic E-state index is -0.416. The van der Waals surface area contributed by atoms with E-state index >= 15 is 0 Å². The van der Waals surface area contributed by atoms with Crippen LogP contribution in [-0.2, 0) is 4.79 Å². The van der Waals surface area contributed by atoms with Crippen molar-refractivity contribution in [3.8, 4) is 0 Å². The van der Waals surface area contributed by atoms with Crippen LogP contribution in [0.15, 0.2) is 0 Å². The summed E-state index contributed by atoms with van der Waals surface area (Å²) in [6.07, 6.45) is 12.7. The quantitative estimate of drug-likeness (QED) is 0.734. The fraction of sp³-hybridized carbons (Fsp3) is 0.958. The highest BCUT2D eigenvalue weighted by Gasteiger charge is 2.63. The number of fused-ring (bicyclic) bond motifs is 5. The van der Waals surface area contributed by atoms with Crippen molar-refractivity contribution in [3.63, 3.8) is 0 Å². The molecular formula is C24H38O2. The van der Waals surface area contributed by atoms with E-state index in [0.717, 1.165) is 54.3 Å². The fourth-order valence-corrected chi connectivity index (χ4v) is 8.90. The minimum Gasteiger partial charge on any atom is -0.390 e. The molecule has 0 aromatic rings. The fourth-order valence-electron chi connectivity index (χ4n) is 8.90. The van der Waals surface area contributed by atoms with Gasteiger partial charge in [-0.25, -0.2) is 0 Å². The largest absolute Gasteiger partial charge is 0.390 e. The van der Waals surface area contributed by atoms with Crippen LogP contribution in [0.1, 0.15) is 85.0 Å². The third-order valence-electron chi connectivity index (χ3n) is 10.0. The number of carbonyl (C=O) groups excluding carboxylic acids is 1. The highest BCUT2D eigenvalue weighted by molar-refractivity contribution is 5.79. The molecule has 0 aromatic carbocycles. The molecule has 0 bridgehead atoms. The molecule has 0 aromatic heterocycles. The van der Waals surface area contributed by atoms with Gasteiger partial charge in [0.05, 0.1) is 5.60 Å². The van der Waals surface area contributed by atoms with E-state index in [-0.39, 0.29) is 5.41 Å². The van der Waals surface area contributed by atoms with Crippen LogP contribution in [0.5, 0.6) is 0 Å². The average Bonchev–Trinajstić information content (AvgIpc) is 3.35. The Bertz CT molecular complexity index is 591. The Balaban J connectivity index is 1.44. The van der Waals surface area contributed by atoms with Gasteiger partial charge in [-0.15, -0.1) is 0 Å². The van der Waals surface area contributed by atoms with Crippen LogP contribution >= 0.6 is 0 Å². The van der Waals surface area contributed by atoms with E-state index in [1.54, 1.807) is 0 Å². The summed E-state index contributed by atoms with van der Waals surface area (Å²) in [7, 11) is 0. The first-order valence-electron chi connectivity index (χ1n) is 11.5. The topological polar surface area (TPSA) is 37.3 Å². The molecule has 2 nitrogen and oxygen atoms in total. The van der Waals surface area contributed by atoms with Crippen LogP contribution < -0.4 is 0 Å². The van der Waals surface area contributed by atoms with Gasteiger partial charge in [-0.05, 0) is 125 Å². The maximum absolute atomic E-state index is 12.5. The average molecular weight is 359 g/mol. The van der Waals surface area contributed by atoms with Gasteiger partial charge >= 0.3 is 0 Å². The van der Waals surface area contributed by atoms with Gasteiger partial charge in [-0.2, -0.15) is 0 Å². The molecule has 0 heterocycles. The predicted molar refractivity (Wildman–Crippen MR) is 104 cm³/mol. The summed E-state index contributed by atoms with van der Waals surface area (Å²) in [5, 5.41) is 10.6. The molecule has 0 saturated heterocycles. The molecule has 1 N–H and O–H groups in total. The van der Waals surface area contributed by atoms with E-state index in [4.69, 9.17) is 0 Å². The van der Waals surface area contributed by atoms with Crippen molar-refractivity contribution >= 4 is 5.78 Å². The van der Waals surface area contributed by atoms with E-state index in [2.05, 4.69) is 13.8 Å². The zero-order valence-electron chi connectivity index (χ0n) is 17.0. The molecule has 2 heteroatoms. The molecule has 5 aliphatic rings. The SMILES string of the molecule is CC(=O)[C@H]1CC(C2CC2)[C@H]2[C@@H]3CC[C@@H]4C[C@](C)(O)CC[C@@H]4[C@H]3CC[C@]12C. The lowest BCUT2D eigenvalue weighted by Crippen LogP contribution is -2.52. The Morgan fingerprint density at radius 2 is 1.54 bits per heavy atom. The lowest BCUT2D eigenvalue weighted by molar-refractivity contribution is -0.131. The second-order valence-electron chi connectivity index (χ2n) is 11.5. The Morgan fingerprint density at radius 1 is 0.846 bits per heavy atom. The summed E-state index contributed by atoms with van der Waals surface area (Å²) >= 11 is 0. The summed E-state index contributed by atoms with van der Waals surface area (Å²) in [6, 6.07) is 0. The highest BCUT2D eigenvalue weighted by Crippen LogP contribution is 2.69. The number of hydrogen-bond acceptors (Lipinski definition) is 2. The Kier molecular flexibility index (Phi) is 3.96. The van der Waals surface area contributed by atoms with Crippen LogP contribution in [0, 0.1) is 52.8 Å². The van der Waals surface area contributed by atoms with Crippen molar-refractivity contribution in [3.05, 3.63) is 0 Å². The normalized spacial score (nSPS) is 56.4. The molecule has 1 unspecified atom stereocenters. The van der Waals surface area contributed by atoms with Gasteiger partial charge in [-0.1, -0.05) is 6.92 Å². The Hall–Kier alpha value is -0.370. The van der Waals surface area contributed by atoms with E-state index in [0.29, 0.717) is 11.7 Å². The van der Waals surface area contributed by atoms with Crippen molar-refractivity contribution in [2.45, 2.75) is 90.6 Å². The highest BCUT2D eigenvalue weighted by atomic mass is 16.3. The molecule has 5 aliphatic carbocycles. The smallest absolute Gasteiger partial charge is 0.133 e. The van der Waals surface area contributed by atoms with Crippen LogP contribution in [0.3, 0.4) is 0 Å². The number of rotatable bonds is 2. The Morgan fingerprint density at radius 3 is 2.23 bits per heavy atom. The third-order valence-corrected chi connectivity index (χ3v) is 10.0. The molecule has 9 atom stereocenters. The van der Waals surface area contributed by atoms with Gasteiger partial charge in [0.15, 0.2) is 0 Å². The minimum absolute atomic E-state index is 0.285. The summed E-state index contributed by atoms with van der Waals surface area (Å²) < 4.78 is 0. The zero-order chi connectivity index (χ0) is 18.3. The standard InChI is InChI=1S/C24H38O2/c1-14(25)21-12-20(15-4-5-15)22-19-7-6-16-13-23(2,26)10-8-17(16)18(19)9-11-24(21,22)3/h15-22,26H,4-13H2,1-3H3/t16-,17+,18-,19-,20?,21-,22-,23-,24-/m1/s1. The van der Waals surface area contributed by atoms with Crippen molar-refractivity contribution in [1.29, 1.82) is 0 Å². The third kappa shape index (κ3) is 2.57. The van der Waals surface area contributed by atoms with Crippen LogP contribution in [0.4, 0.5) is 0 Å². The van der Waals surface area contributed by atoms with Crippen LogP contribution in [-0.4, -0.2) is 16.5 Å². The number of aliphatic hydroxyl groups is 1. The lowest BCUT2D eigenvalue weighted by Gasteiger charge is -2.57. The van der Waals surface area contributed by atoms with Crippen LogP contribution in [0.2, 0.25) is 0 Å². The zero-order valence-corrected chi connectivity index (χ0v) is 17.0. The number of hydrogen-bond donors (Lipinski definition) is 1. The lowest BCUT2D eigenvalue weighted by atomic mass is 9.48. The number of Topliss-reactive ketones (excluding diaryl/α,β-unsaturated/α-hetero) is 1. The first kappa shape index (κ1) is 17.7. The molecular weight excluding hydrogens is 320 g/mol. The van der Waals surface area contributed by atoms with Gasteiger partial charge in [0.2, 0.25) is 0 Å². The monoisotopic (exact) mass is 358 g/mol. The second-order valence-corrected chi connectivity index (χ2v) is 11.5. The number of carbonyl (C=O) groups is 1. The summed E-state index contributed by atoms with van der Waals surface area (Å²) in [5.41, 5.74) is -0.131. The molecule has 0 radical (unpaired) electrons. The molecule has 0 spiro atoms. The first-order valence-corrected chi connectivity index (χ1v) is 11.5. The summed E-state index contributed by atoms with van der Waals surface area (Å²) in [4.78, 5) is 12.5. The van der Waals surface area contributed by atoms with E-state index < -0.39 is 5.60 Å². The van der Waals surface area contributed by atoms with E-state index in [9.17, 15) is 9.90 Å². The molecule has 0 aliphatic heterocycles. The molecule has 5 saturated carbocycles. The van der Waals surface area contributed by atoms with Crippen molar-refractivity contribution in [2.75, 3.05) is 0 Å². The van der Waals surface area contributed by atoms with Gasteiger partial charge < -0.3 is 5.11 Å². The molecule has 5 fully saturated rings. The van der Waals surface area contributed by atoms with E-state index in [1.807, 2.05) is 6.92 Å². The predicted octanol–water partition coefficient (Wildman–Crippen LogP) is 5.23. The summed E-state index contributed by atoms with van der Waals surface area (Å²) in [6.45, 7) is 6.43. The van der Waals surface area contributed by atoms with Crippen molar-refractivity contribution in [2.24, 2.45) is 52.8 Å². The van der Waals surface area contributed by atoms with E-state index in [1.165, 1.54) is 51.4 Å².